The van der Waals surface area contributed by atoms with E-state index in [9.17, 15) is 8.42 Å². The summed E-state index contributed by atoms with van der Waals surface area (Å²) in [6, 6.07) is 1.68. The van der Waals surface area contributed by atoms with Crippen molar-refractivity contribution in [3.8, 4) is 6.07 Å². The highest BCUT2D eigenvalue weighted by atomic mass is 32.2. The van der Waals surface area contributed by atoms with Gasteiger partial charge in [0.2, 0.25) is 10.0 Å². The topological polar surface area (TPSA) is 101 Å². The molecule has 0 fully saturated rings. The van der Waals surface area contributed by atoms with E-state index in [1.165, 1.54) is 6.92 Å². The molecule has 1 atom stereocenters. The van der Waals surface area contributed by atoms with Gasteiger partial charge in [0, 0.05) is 20.0 Å². The minimum absolute atomic E-state index is 0.209. The molecule has 0 aromatic carbocycles. The van der Waals surface area contributed by atoms with E-state index >= 15 is 0 Å². The Kier molecular flexibility index (Phi) is 3.98. The molecule has 88 valence electrons. The molecular weight excluding hydrogens is 230 g/mol. The molecule has 1 N–H and O–H groups in total. The Morgan fingerprint density at radius 3 is 2.88 bits per heavy atom. The van der Waals surface area contributed by atoms with Crippen molar-refractivity contribution in [2.45, 2.75) is 18.6 Å². The Labute approximate surface area is 94.2 Å². The van der Waals surface area contributed by atoms with Crippen LogP contribution in [-0.2, 0) is 23.5 Å². The smallest absolute Gasteiger partial charge is 0.227 e. The second-order valence-electron chi connectivity index (χ2n) is 3.32. The maximum Gasteiger partial charge on any atom is 0.227 e. The van der Waals surface area contributed by atoms with Gasteiger partial charge in [0.1, 0.15) is 12.2 Å². The van der Waals surface area contributed by atoms with Gasteiger partial charge >= 0.3 is 0 Å². The van der Waals surface area contributed by atoms with Crippen molar-refractivity contribution in [3.05, 3.63) is 12.2 Å². The van der Waals surface area contributed by atoms with Crippen LogP contribution in [0.1, 0.15) is 12.7 Å². The number of nitrogens with one attached hydrogen (secondary N) is 1. The fraction of sp³-hybridized carbons (Fsp3) is 0.625. The number of sulfonamides is 1. The van der Waals surface area contributed by atoms with Crippen molar-refractivity contribution in [3.63, 3.8) is 0 Å². The molecule has 0 saturated carbocycles. The third-order valence-electron chi connectivity index (χ3n) is 2.10. The molecule has 1 aromatic rings. The first-order valence-corrected chi connectivity index (χ1v) is 6.23. The van der Waals surface area contributed by atoms with E-state index in [0.29, 0.717) is 12.2 Å². The van der Waals surface area contributed by atoms with Crippen LogP contribution in [0.4, 0.5) is 0 Å². The third kappa shape index (κ3) is 3.01. The van der Waals surface area contributed by atoms with Gasteiger partial charge in [0.25, 0.3) is 0 Å². The summed E-state index contributed by atoms with van der Waals surface area (Å²) in [6.45, 7) is 1.55. The number of rotatable bonds is 5. The standard InChI is InChI=1S/C8H13N5O2S/c1-7(5-9)16(14,15)11-4-3-8-12-10-6-13(8)2/h6-7,11H,3-4H2,1-2H3. The highest BCUT2D eigenvalue weighted by Gasteiger charge is 2.19. The predicted molar refractivity (Wildman–Crippen MR) is 56.7 cm³/mol. The molecule has 7 nitrogen and oxygen atoms in total. The normalized spacial score (nSPS) is 13.3. The lowest BCUT2D eigenvalue weighted by Crippen LogP contribution is -2.33. The average molecular weight is 243 g/mol. The fourth-order valence-corrected chi connectivity index (χ4v) is 1.81. The van der Waals surface area contributed by atoms with Gasteiger partial charge in [0.15, 0.2) is 5.25 Å². The molecule has 0 aliphatic rings. The van der Waals surface area contributed by atoms with Crippen LogP contribution in [0.15, 0.2) is 6.33 Å². The summed E-state index contributed by atoms with van der Waals surface area (Å²) in [5, 5.41) is 14.9. The van der Waals surface area contributed by atoms with Gasteiger partial charge in [0.05, 0.1) is 6.07 Å². The lowest BCUT2D eigenvalue weighted by molar-refractivity contribution is 0.575. The molecule has 0 aliphatic heterocycles. The quantitative estimate of drug-likeness (QED) is 0.728. The Bertz CT molecular complexity index is 487. The summed E-state index contributed by atoms with van der Waals surface area (Å²) < 4.78 is 26.9. The fourth-order valence-electron chi connectivity index (χ4n) is 1.03. The number of nitrogens with zero attached hydrogens (tertiary/aromatic N) is 4. The van der Waals surface area contributed by atoms with Crippen molar-refractivity contribution in [1.82, 2.24) is 19.5 Å². The molecule has 0 radical (unpaired) electrons. The molecule has 1 unspecified atom stereocenters. The first kappa shape index (κ1) is 12.6. The van der Waals surface area contributed by atoms with Gasteiger partial charge in [-0.1, -0.05) is 0 Å². The van der Waals surface area contributed by atoms with Crippen molar-refractivity contribution in [1.29, 1.82) is 5.26 Å². The van der Waals surface area contributed by atoms with Crippen LogP contribution in [0.25, 0.3) is 0 Å². The molecule has 1 rings (SSSR count). The lowest BCUT2D eigenvalue weighted by atomic mass is 10.4. The first-order valence-electron chi connectivity index (χ1n) is 4.68. The molecule has 0 aliphatic carbocycles. The zero-order valence-electron chi connectivity index (χ0n) is 9.08. The Morgan fingerprint density at radius 1 is 1.69 bits per heavy atom. The molecule has 0 spiro atoms. The van der Waals surface area contributed by atoms with E-state index in [-0.39, 0.29) is 6.54 Å². The zero-order chi connectivity index (χ0) is 12.2. The summed E-state index contributed by atoms with van der Waals surface area (Å²) in [7, 11) is -1.77. The summed E-state index contributed by atoms with van der Waals surface area (Å²) in [5.74, 6) is 0.687. The summed E-state index contributed by atoms with van der Waals surface area (Å²) in [6.07, 6.45) is 1.98. The Balaban J connectivity index is 2.49. The van der Waals surface area contributed by atoms with E-state index in [1.54, 1.807) is 24.0 Å². The monoisotopic (exact) mass is 243 g/mol. The van der Waals surface area contributed by atoms with Crippen molar-refractivity contribution < 1.29 is 8.42 Å². The van der Waals surface area contributed by atoms with E-state index in [4.69, 9.17) is 5.26 Å². The van der Waals surface area contributed by atoms with Gasteiger partial charge in [-0.2, -0.15) is 5.26 Å². The number of hydrogen-bond donors (Lipinski definition) is 1. The van der Waals surface area contributed by atoms with Gasteiger partial charge in [-0.15, -0.1) is 10.2 Å². The Hall–Kier alpha value is -1.46. The summed E-state index contributed by atoms with van der Waals surface area (Å²) in [4.78, 5) is 0. The van der Waals surface area contributed by atoms with Gasteiger partial charge < -0.3 is 4.57 Å². The van der Waals surface area contributed by atoms with Crippen LogP contribution < -0.4 is 4.72 Å². The lowest BCUT2D eigenvalue weighted by Gasteiger charge is -2.07. The van der Waals surface area contributed by atoms with E-state index in [2.05, 4.69) is 14.9 Å². The first-order chi connectivity index (χ1) is 7.47. The van der Waals surface area contributed by atoms with Gasteiger partial charge in [-0.25, -0.2) is 13.1 Å². The van der Waals surface area contributed by atoms with Crippen LogP contribution in [-0.4, -0.2) is 35.0 Å². The zero-order valence-corrected chi connectivity index (χ0v) is 9.90. The second kappa shape index (κ2) is 5.05. The molecule has 0 saturated heterocycles. The minimum atomic E-state index is -3.54. The Morgan fingerprint density at radius 2 is 2.38 bits per heavy atom. The molecular formula is C8H13N5O2S. The van der Waals surface area contributed by atoms with Gasteiger partial charge in [-0.05, 0) is 6.92 Å². The van der Waals surface area contributed by atoms with E-state index < -0.39 is 15.3 Å². The summed E-state index contributed by atoms with van der Waals surface area (Å²) >= 11 is 0. The molecule has 0 amide bonds. The number of hydrogen-bond acceptors (Lipinski definition) is 5. The second-order valence-corrected chi connectivity index (χ2v) is 5.40. The van der Waals surface area contributed by atoms with Crippen LogP contribution in [0.3, 0.4) is 0 Å². The van der Waals surface area contributed by atoms with Crippen molar-refractivity contribution in [2.24, 2.45) is 7.05 Å². The minimum Gasteiger partial charge on any atom is -0.321 e. The number of nitriles is 1. The maximum absolute atomic E-state index is 11.4. The molecule has 16 heavy (non-hydrogen) atoms. The largest absolute Gasteiger partial charge is 0.321 e. The highest BCUT2D eigenvalue weighted by Crippen LogP contribution is 1.97. The SMILES string of the molecule is CC(C#N)S(=O)(=O)NCCc1nncn1C. The van der Waals surface area contributed by atoms with Crippen LogP contribution in [0, 0.1) is 11.3 Å². The maximum atomic E-state index is 11.4. The molecule has 8 heteroatoms. The van der Waals surface area contributed by atoms with E-state index in [1.807, 2.05) is 0 Å². The predicted octanol–water partition coefficient (Wildman–Crippen LogP) is -0.811. The number of aromatic nitrogens is 3. The van der Waals surface area contributed by atoms with Crippen LogP contribution in [0.2, 0.25) is 0 Å². The van der Waals surface area contributed by atoms with E-state index in [0.717, 1.165) is 0 Å². The summed E-state index contributed by atoms with van der Waals surface area (Å²) in [5.41, 5.74) is 0. The van der Waals surface area contributed by atoms with Crippen LogP contribution in [0.5, 0.6) is 0 Å². The molecule has 1 aromatic heterocycles. The van der Waals surface area contributed by atoms with Crippen LogP contribution >= 0.6 is 0 Å². The molecule has 0 bridgehead atoms. The molecule has 1 heterocycles. The van der Waals surface area contributed by atoms with Crippen molar-refractivity contribution in [2.75, 3.05) is 6.54 Å². The average Bonchev–Trinajstić information content (AvgIpc) is 2.63. The highest BCUT2D eigenvalue weighted by molar-refractivity contribution is 7.90. The third-order valence-corrected chi connectivity index (χ3v) is 3.75. The number of aryl methyl sites for hydroxylation is 1. The van der Waals surface area contributed by atoms with Gasteiger partial charge in [-0.3, -0.25) is 0 Å². The van der Waals surface area contributed by atoms with Crippen molar-refractivity contribution >= 4 is 10.0 Å².